The number of carbonyl (C=O) groups excluding carboxylic acids is 1. The van der Waals surface area contributed by atoms with Crippen LogP contribution in [0.3, 0.4) is 0 Å². The van der Waals surface area contributed by atoms with Crippen molar-refractivity contribution < 1.29 is 13.6 Å². The summed E-state index contributed by atoms with van der Waals surface area (Å²) in [5.41, 5.74) is 0. The van der Waals surface area contributed by atoms with Crippen LogP contribution in [0.25, 0.3) is 0 Å². The average Bonchev–Trinajstić information content (AvgIpc) is 2.02. The van der Waals surface area contributed by atoms with Gasteiger partial charge in [-0.2, -0.15) is 8.78 Å². The van der Waals surface area contributed by atoms with Gasteiger partial charge in [0.05, 0.1) is 0 Å². The predicted octanol–water partition coefficient (Wildman–Crippen LogP) is 1.65. The quantitative estimate of drug-likeness (QED) is 0.482. The van der Waals surface area contributed by atoms with Crippen LogP contribution < -0.4 is 0 Å². The van der Waals surface area contributed by atoms with Gasteiger partial charge in [-0.05, 0) is 12.8 Å². The molecule has 0 saturated carbocycles. The number of alkyl halides is 2. The molecule has 0 aromatic rings. The Kier molecular flexibility index (Phi) is 3.14. The minimum Gasteiger partial charge on any atom is -0.303 e. The molecule has 0 aromatic carbocycles. The van der Waals surface area contributed by atoms with E-state index in [-0.39, 0.29) is 19.4 Å². The second-order valence-electron chi connectivity index (χ2n) is 3.07. The summed E-state index contributed by atoms with van der Waals surface area (Å²) in [4.78, 5) is 11.1. The molecule has 0 atom stereocenters. The minimum absolute atomic E-state index is 0.0636. The summed E-state index contributed by atoms with van der Waals surface area (Å²) >= 11 is 0. The highest BCUT2D eigenvalue weighted by molar-refractivity contribution is 5.49. The molecule has 4 heteroatoms. The zero-order valence-corrected chi connectivity index (χ0v) is 6.93. The molecular formula is C8H13F2NO. The van der Waals surface area contributed by atoms with Gasteiger partial charge in [0.25, 0.3) is 0 Å². The molecule has 0 aromatic heterocycles. The van der Waals surface area contributed by atoms with E-state index in [1.807, 2.05) is 0 Å². The molecule has 1 rings (SSSR count). The molecule has 0 N–H and O–H groups in total. The molecule has 1 heterocycles. The van der Waals surface area contributed by atoms with E-state index in [0.717, 1.165) is 11.3 Å². The number of nitrogens with zero attached hydrogens (tertiary/aromatic N) is 1. The SMILES string of the molecule is O=CCCN1CCCCC1(F)F. The smallest absolute Gasteiger partial charge is 0.303 e. The van der Waals surface area contributed by atoms with Crippen LogP contribution in [0.1, 0.15) is 25.7 Å². The summed E-state index contributed by atoms with van der Waals surface area (Å²) < 4.78 is 26.0. The third-order valence-electron chi connectivity index (χ3n) is 2.14. The lowest BCUT2D eigenvalue weighted by molar-refractivity contribution is -0.167. The summed E-state index contributed by atoms with van der Waals surface area (Å²) in [6, 6.07) is -2.68. The van der Waals surface area contributed by atoms with Crippen molar-refractivity contribution in [2.45, 2.75) is 31.7 Å². The van der Waals surface area contributed by atoms with Gasteiger partial charge in [-0.1, -0.05) is 0 Å². The van der Waals surface area contributed by atoms with Crippen molar-refractivity contribution >= 4 is 6.29 Å². The Morgan fingerprint density at radius 1 is 1.42 bits per heavy atom. The Balaban J connectivity index is 2.42. The van der Waals surface area contributed by atoms with Gasteiger partial charge in [-0.15, -0.1) is 0 Å². The minimum atomic E-state index is -2.68. The van der Waals surface area contributed by atoms with E-state index >= 15 is 0 Å². The maximum atomic E-state index is 13.0. The zero-order valence-electron chi connectivity index (χ0n) is 6.93. The molecule has 1 saturated heterocycles. The van der Waals surface area contributed by atoms with Gasteiger partial charge in [-0.25, -0.2) is 4.90 Å². The second-order valence-corrected chi connectivity index (χ2v) is 3.07. The predicted molar refractivity (Wildman–Crippen MR) is 41.1 cm³/mol. The van der Waals surface area contributed by atoms with Crippen LogP contribution in [0.5, 0.6) is 0 Å². The van der Waals surface area contributed by atoms with E-state index in [1.165, 1.54) is 0 Å². The van der Waals surface area contributed by atoms with Gasteiger partial charge in [0.2, 0.25) is 0 Å². The summed E-state index contributed by atoms with van der Waals surface area (Å²) in [5.74, 6) is 0. The number of aldehydes is 1. The Morgan fingerprint density at radius 2 is 2.17 bits per heavy atom. The first kappa shape index (κ1) is 9.58. The van der Waals surface area contributed by atoms with Crippen LogP contribution in [0.4, 0.5) is 8.78 Å². The van der Waals surface area contributed by atoms with Gasteiger partial charge >= 0.3 is 6.05 Å². The number of rotatable bonds is 3. The molecule has 70 valence electrons. The topological polar surface area (TPSA) is 20.3 Å². The number of carbonyl (C=O) groups is 1. The fourth-order valence-electron chi connectivity index (χ4n) is 1.45. The van der Waals surface area contributed by atoms with Gasteiger partial charge in [0.15, 0.2) is 0 Å². The summed E-state index contributed by atoms with van der Waals surface area (Å²) in [6.45, 7) is 0.608. The molecule has 1 aliphatic heterocycles. The fourth-order valence-corrected chi connectivity index (χ4v) is 1.45. The fraction of sp³-hybridized carbons (Fsp3) is 0.875. The lowest BCUT2D eigenvalue weighted by atomic mass is 10.1. The number of halogens is 2. The average molecular weight is 177 g/mol. The Hall–Kier alpha value is -0.510. The van der Waals surface area contributed by atoms with Crippen molar-refractivity contribution in [3.8, 4) is 0 Å². The maximum absolute atomic E-state index is 13.0. The highest BCUT2D eigenvalue weighted by Crippen LogP contribution is 2.30. The van der Waals surface area contributed by atoms with Gasteiger partial charge in [0, 0.05) is 25.9 Å². The third-order valence-corrected chi connectivity index (χ3v) is 2.14. The Morgan fingerprint density at radius 3 is 2.75 bits per heavy atom. The maximum Gasteiger partial charge on any atom is 0.304 e. The van der Waals surface area contributed by atoms with Crippen LogP contribution in [0.2, 0.25) is 0 Å². The van der Waals surface area contributed by atoms with E-state index in [1.54, 1.807) is 0 Å². The van der Waals surface area contributed by atoms with E-state index < -0.39 is 6.05 Å². The molecule has 0 spiro atoms. The standard InChI is InChI=1S/C8H13F2NO/c9-8(10)4-1-2-5-11(8)6-3-7-12/h7H,1-6H2. The van der Waals surface area contributed by atoms with Crippen LogP contribution in [-0.4, -0.2) is 30.3 Å². The number of piperidine rings is 1. The number of likely N-dealkylation sites (tertiary alicyclic amines) is 1. The molecule has 0 amide bonds. The Labute approximate surface area is 70.5 Å². The van der Waals surface area contributed by atoms with Crippen molar-refractivity contribution in [1.82, 2.24) is 4.90 Å². The molecule has 2 nitrogen and oxygen atoms in total. The van der Waals surface area contributed by atoms with Crippen molar-refractivity contribution in [3.05, 3.63) is 0 Å². The normalized spacial score (nSPS) is 23.8. The molecule has 1 fully saturated rings. The van der Waals surface area contributed by atoms with E-state index in [4.69, 9.17) is 0 Å². The molecule has 0 radical (unpaired) electrons. The van der Waals surface area contributed by atoms with Crippen molar-refractivity contribution in [1.29, 1.82) is 0 Å². The van der Waals surface area contributed by atoms with Crippen LogP contribution in [-0.2, 0) is 4.79 Å². The van der Waals surface area contributed by atoms with Crippen LogP contribution in [0, 0.1) is 0 Å². The van der Waals surface area contributed by atoms with Gasteiger partial charge < -0.3 is 4.79 Å². The molecular weight excluding hydrogens is 164 g/mol. The molecule has 12 heavy (non-hydrogen) atoms. The largest absolute Gasteiger partial charge is 0.304 e. The highest BCUT2D eigenvalue weighted by Gasteiger charge is 2.38. The van der Waals surface area contributed by atoms with Crippen molar-refractivity contribution in [2.75, 3.05) is 13.1 Å². The number of hydrogen-bond donors (Lipinski definition) is 0. The summed E-state index contributed by atoms with van der Waals surface area (Å²) in [6.07, 6.45) is 2.23. The van der Waals surface area contributed by atoms with Gasteiger partial charge in [0.1, 0.15) is 6.29 Å². The first-order valence-electron chi connectivity index (χ1n) is 4.23. The van der Waals surface area contributed by atoms with Gasteiger partial charge in [-0.3, -0.25) is 0 Å². The Bertz CT molecular complexity index is 161. The van der Waals surface area contributed by atoms with E-state index in [9.17, 15) is 13.6 Å². The van der Waals surface area contributed by atoms with Crippen molar-refractivity contribution in [2.24, 2.45) is 0 Å². The lowest BCUT2D eigenvalue weighted by Gasteiger charge is -2.34. The summed E-state index contributed by atoms with van der Waals surface area (Å²) in [5, 5.41) is 0. The third kappa shape index (κ3) is 2.24. The molecule has 0 aliphatic carbocycles. The van der Waals surface area contributed by atoms with Crippen LogP contribution >= 0.6 is 0 Å². The second kappa shape index (κ2) is 3.94. The highest BCUT2D eigenvalue weighted by atomic mass is 19.3. The molecule has 1 aliphatic rings. The van der Waals surface area contributed by atoms with E-state index in [2.05, 4.69) is 0 Å². The summed E-state index contributed by atoms with van der Waals surface area (Å²) in [7, 11) is 0. The van der Waals surface area contributed by atoms with Crippen molar-refractivity contribution in [3.63, 3.8) is 0 Å². The molecule has 0 unspecified atom stereocenters. The number of hydrogen-bond acceptors (Lipinski definition) is 2. The monoisotopic (exact) mass is 177 g/mol. The lowest BCUT2D eigenvalue weighted by Crippen LogP contribution is -2.45. The van der Waals surface area contributed by atoms with Crippen LogP contribution in [0.15, 0.2) is 0 Å². The first-order chi connectivity index (χ1) is 5.67. The first-order valence-corrected chi connectivity index (χ1v) is 4.23. The molecule has 0 bridgehead atoms. The zero-order chi connectivity index (χ0) is 9.03. The van der Waals surface area contributed by atoms with E-state index in [0.29, 0.717) is 19.3 Å².